The van der Waals surface area contributed by atoms with Crippen molar-refractivity contribution in [1.82, 2.24) is 9.78 Å². The molecule has 0 spiro atoms. The van der Waals surface area contributed by atoms with Gasteiger partial charge < -0.3 is 10.5 Å². The summed E-state index contributed by atoms with van der Waals surface area (Å²) in [6, 6.07) is 0. The van der Waals surface area contributed by atoms with E-state index in [1.807, 2.05) is 17.8 Å². The van der Waals surface area contributed by atoms with Gasteiger partial charge in [-0.05, 0) is 32.1 Å². The Morgan fingerprint density at radius 1 is 1.67 bits per heavy atom. The number of aryl methyl sites for hydroxylation is 2. The first-order chi connectivity index (χ1) is 7.25. The summed E-state index contributed by atoms with van der Waals surface area (Å²) in [5.74, 6) is 1.42. The number of nitrogen functional groups attached to an aromatic ring is 1. The molecule has 1 unspecified atom stereocenters. The van der Waals surface area contributed by atoms with Crippen molar-refractivity contribution in [3.63, 3.8) is 0 Å². The van der Waals surface area contributed by atoms with Crippen molar-refractivity contribution in [2.45, 2.75) is 32.7 Å². The average molecular weight is 209 g/mol. The second-order valence-electron chi connectivity index (χ2n) is 4.33. The summed E-state index contributed by atoms with van der Waals surface area (Å²) in [6.45, 7) is 4.84. The van der Waals surface area contributed by atoms with Crippen LogP contribution in [0.3, 0.4) is 0 Å². The molecule has 0 amide bonds. The quantitative estimate of drug-likeness (QED) is 0.819. The monoisotopic (exact) mass is 209 g/mol. The molecule has 15 heavy (non-hydrogen) atoms. The lowest BCUT2D eigenvalue weighted by atomic mass is 10.0. The molecule has 0 aliphatic carbocycles. The Morgan fingerprint density at radius 2 is 2.53 bits per heavy atom. The number of aromatic nitrogens is 2. The molecular formula is C11H19N3O. The Balaban J connectivity index is 1.73. The van der Waals surface area contributed by atoms with Gasteiger partial charge in [0.1, 0.15) is 5.82 Å². The number of hydrogen-bond acceptors (Lipinski definition) is 3. The molecule has 2 heterocycles. The van der Waals surface area contributed by atoms with Gasteiger partial charge >= 0.3 is 0 Å². The Kier molecular flexibility index (Phi) is 3.26. The molecule has 0 aromatic carbocycles. The van der Waals surface area contributed by atoms with Gasteiger partial charge in [0.25, 0.3) is 0 Å². The first-order valence-corrected chi connectivity index (χ1v) is 5.63. The van der Waals surface area contributed by atoms with Crippen LogP contribution in [-0.4, -0.2) is 23.0 Å². The van der Waals surface area contributed by atoms with Crippen LogP contribution >= 0.6 is 0 Å². The third-order valence-electron chi connectivity index (χ3n) is 3.01. The van der Waals surface area contributed by atoms with E-state index in [4.69, 9.17) is 10.5 Å². The lowest BCUT2D eigenvalue weighted by Gasteiger charge is -2.06. The highest BCUT2D eigenvalue weighted by molar-refractivity contribution is 5.35. The van der Waals surface area contributed by atoms with Crippen LogP contribution in [0, 0.1) is 12.8 Å². The topological polar surface area (TPSA) is 53.1 Å². The maximum absolute atomic E-state index is 5.68. The van der Waals surface area contributed by atoms with Crippen molar-refractivity contribution in [3.05, 3.63) is 11.8 Å². The SMILES string of the molecule is Cc1cn(CCCC2CCOC2)nc1N. The summed E-state index contributed by atoms with van der Waals surface area (Å²) < 4.78 is 7.29. The van der Waals surface area contributed by atoms with Crippen LogP contribution in [0.25, 0.3) is 0 Å². The molecule has 1 fully saturated rings. The zero-order valence-electron chi connectivity index (χ0n) is 9.28. The lowest BCUT2D eigenvalue weighted by Crippen LogP contribution is -2.04. The van der Waals surface area contributed by atoms with Crippen LogP contribution in [0.2, 0.25) is 0 Å². The molecule has 1 aliphatic heterocycles. The Morgan fingerprint density at radius 3 is 3.13 bits per heavy atom. The van der Waals surface area contributed by atoms with Gasteiger partial charge in [-0.25, -0.2) is 0 Å². The molecule has 2 N–H and O–H groups in total. The van der Waals surface area contributed by atoms with Gasteiger partial charge in [0.2, 0.25) is 0 Å². The van der Waals surface area contributed by atoms with Gasteiger partial charge in [-0.1, -0.05) is 0 Å². The van der Waals surface area contributed by atoms with E-state index in [9.17, 15) is 0 Å². The van der Waals surface area contributed by atoms with Crippen LogP contribution in [-0.2, 0) is 11.3 Å². The van der Waals surface area contributed by atoms with Crippen LogP contribution < -0.4 is 5.73 Å². The zero-order chi connectivity index (χ0) is 10.7. The highest BCUT2D eigenvalue weighted by Gasteiger charge is 2.14. The Bertz CT molecular complexity index is 296. The van der Waals surface area contributed by atoms with Gasteiger partial charge in [-0.3, -0.25) is 4.68 Å². The third-order valence-corrected chi connectivity index (χ3v) is 3.01. The largest absolute Gasteiger partial charge is 0.382 e. The minimum absolute atomic E-state index is 0.652. The van der Waals surface area contributed by atoms with E-state index in [0.29, 0.717) is 5.82 Å². The summed E-state index contributed by atoms with van der Waals surface area (Å²) in [4.78, 5) is 0. The highest BCUT2D eigenvalue weighted by Crippen LogP contribution is 2.18. The molecule has 1 atom stereocenters. The van der Waals surface area contributed by atoms with Gasteiger partial charge in [0, 0.05) is 31.5 Å². The molecule has 84 valence electrons. The van der Waals surface area contributed by atoms with Crippen LogP contribution in [0.15, 0.2) is 6.20 Å². The predicted molar refractivity (Wildman–Crippen MR) is 59.5 cm³/mol. The zero-order valence-corrected chi connectivity index (χ0v) is 9.28. The molecule has 1 aromatic rings. The molecule has 1 aliphatic rings. The van der Waals surface area contributed by atoms with Crippen molar-refractivity contribution < 1.29 is 4.74 Å². The summed E-state index contributed by atoms with van der Waals surface area (Å²) in [5.41, 5.74) is 6.75. The standard InChI is InChI=1S/C11H19N3O/c1-9-7-14(13-11(9)12)5-2-3-10-4-6-15-8-10/h7,10H,2-6,8H2,1H3,(H2,12,13). The van der Waals surface area contributed by atoms with Crippen molar-refractivity contribution >= 4 is 5.82 Å². The van der Waals surface area contributed by atoms with Crippen LogP contribution in [0.4, 0.5) is 5.82 Å². The van der Waals surface area contributed by atoms with E-state index in [1.165, 1.54) is 12.8 Å². The van der Waals surface area contributed by atoms with Gasteiger partial charge in [-0.15, -0.1) is 0 Å². The number of anilines is 1. The maximum atomic E-state index is 5.68. The van der Waals surface area contributed by atoms with Crippen LogP contribution in [0.5, 0.6) is 0 Å². The first-order valence-electron chi connectivity index (χ1n) is 5.63. The fraction of sp³-hybridized carbons (Fsp3) is 0.727. The number of nitrogens with two attached hydrogens (primary N) is 1. The fourth-order valence-electron chi connectivity index (χ4n) is 2.00. The summed E-state index contributed by atoms with van der Waals surface area (Å²) in [6.07, 6.45) is 5.63. The number of rotatable bonds is 4. The molecule has 2 rings (SSSR count). The molecule has 4 heteroatoms. The lowest BCUT2D eigenvalue weighted by molar-refractivity contribution is 0.183. The molecular weight excluding hydrogens is 190 g/mol. The van der Waals surface area contributed by atoms with Crippen molar-refractivity contribution in [3.8, 4) is 0 Å². The first kappa shape index (κ1) is 10.5. The van der Waals surface area contributed by atoms with Gasteiger partial charge in [0.15, 0.2) is 0 Å². The summed E-state index contributed by atoms with van der Waals surface area (Å²) in [7, 11) is 0. The molecule has 4 nitrogen and oxygen atoms in total. The van der Waals surface area contributed by atoms with E-state index in [0.717, 1.165) is 37.7 Å². The fourth-order valence-corrected chi connectivity index (χ4v) is 2.00. The van der Waals surface area contributed by atoms with Crippen LogP contribution in [0.1, 0.15) is 24.8 Å². The molecule has 1 aromatic heterocycles. The summed E-state index contributed by atoms with van der Waals surface area (Å²) >= 11 is 0. The minimum atomic E-state index is 0.652. The van der Waals surface area contributed by atoms with Crippen molar-refractivity contribution in [2.24, 2.45) is 5.92 Å². The second kappa shape index (κ2) is 4.66. The predicted octanol–water partition coefficient (Wildman–Crippen LogP) is 1.59. The highest BCUT2D eigenvalue weighted by atomic mass is 16.5. The Hall–Kier alpha value is -1.03. The smallest absolute Gasteiger partial charge is 0.148 e. The normalized spacial score (nSPS) is 21.0. The van der Waals surface area contributed by atoms with E-state index in [-0.39, 0.29) is 0 Å². The van der Waals surface area contributed by atoms with E-state index >= 15 is 0 Å². The third kappa shape index (κ3) is 2.72. The molecule has 0 radical (unpaired) electrons. The van der Waals surface area contributed by atoms with E-state index in [2.05, 4.69) is 5.10 Å². The second-order valence-corrected chi connectivity index (χ2v) is 4.33. The van der Waals surface area contributed by atoms with Gasteiger partial charge in [-0.2, -0.15) is 5.10 Å². The van der Waals surface area contributed by atoms with Crippen molar-refractivity contribution in [2.75, 3.05) is 18.9 Å². The number of nitrogens with zero attached hydrogens (tertiary/aromatic N) is 2. The molecule has 1 saturated heterocycles. The number of ether oxygens (including phenoxy) is 1. The van der Waals surface area contributed by atoms with E-state index in [1.54, 1.807) is 0 Å². The Labute approximate surface area is 90.4 Å². The maximum Gasteiger partial charge on any atom is 0.148 e. The average Bonchev–Trinajstić information content (AvgIpc) is 2.79. The number of hydrogen-bond donors (Lipinski definition) is 1. The molecule has 0 bridgehead atoms. The molecule has 0 saturated carbocycles. The van der Waals surface area contributed by atoms with Gasteiger partial charge in [0.05, 0.1) is 0 Å². The van der Waals surface area contributed by atoms with Crippen molar-refractivity contribution in [1.29, 1.82) is 0 Å². The minimum Gasteiger partial charge on any atom is -0.382 e. The summed E-state index contributed by atoms with van der Waals surface area (Å²) in [5, 5.41) is 4.24. The van der Waals surface area contributed by atoms with E-state index < -0.39 is 0 Å².